The Morgan fingerprint density at radius 1 is 1.24 bits per heavy atom. The van der Waals surface area contributed by atoms with E-state index in [-0.39, 0.29) is 0 Å². The number of aromatic hydroxyl groups is 1. The molecule has 0 saturated carbocycles. The molecule has 2 rings (SSSR count). The normalized spacial score (nSPS) is 18.3. The van der Waals surface area contributed by atoms with Crippen molar-refractivity contribution in [1.82, 2.24) is 5.32 Å². The minimum absolute atomic E-state index is 0.393. The molecule has 1 unspecified atom stereocenters. The van der Waals surface area contributed by atoms with Crippen molar-refractivity contribution >= 4 is 0 Å². The van der Waals surface area contributed by atoms with Crippen LogP contribution in [0, 0.1) is 0 Å². The van der Waals surface area contributed by atoms with Crippen LogP contribution in [0.15, 0.2) is 18.2 Å². The van der Waals surface area contributed by atoms with E-state index in [0.717, 1.165) is 12.8 Å². The fourth-order valence-corrected chi connectivity index (χ4v) is 2.36. The van der Waals surface area contributed by atoms with Crippen LogP contribution >= 0.6 is 0 Å². The van der Waals surface area contributed by atoms with Crippen LogP contribution in [0.25, 0.3) is 0 Å². The van der Waals surface area contributed by atoms with Crippen LogP contribution < -0.4 is 5.32 Å². The predicted octanol–water partition coefficient (Wildman–Crippen LogP) is 3.27. The molecular weight excluding hydrogens is 210 g/mol. The summed E-state index contributed by atoms with van der Waals surface area (Å²) in [6, 6.07) is 6.90. The van der Waals surface area contributed by atoms with Gasteiger partial charge >= 0.3 is 0 Å². The van der Waals surface area contributed by atoms with Crippen molar-refractivity contribution in [2.24, 2.45) is 0 Å². The zero-order valence-corrected chi connectivity index (χ0v) is 11.5. The quantitative estimate of drug-likeness (QED) is 0.824. The summed E-state index contributed by atoms with van der Waals surface area (Å²) < 4.78 is 0. The number of benzene rings is 1. The molecule has 0 spiro atoms. The second-order valence-corrected chi connectivity index (χ2v) is 4.71. The minimum atomic E-state index is 0.393. The van der Waals surface area contributed by atoms with Gasteiger partial charge in [0.15, 0.2) is 0 Å². The van der Waals surface area contributed by atoms with Crippen LogP contribution in [0.4, 0.5) is 0 Å². The SMILES string of the molecule is CC.CC(C)NC1CCc2cc(O)ccc2C1. The standard InChI is InChI=1S/C13H19NO.C2H6/c1-9(2)14-12-5-3-11-8-13(15)6-4-10(11)7-12;1-2/h4,6,8-9,12,14-15H,3,5,7H2,1-2H3;1-2H3. The molecule has 1 aromatic rings. The number of phenols is 1. The maximum Gasteiger partial charge on any atom is 0.115 e. The van der Waals surface area contributed by atoms with Crippen LogP contribution in [0.2, 0.25) is 0 Å². The zero-order chi connectivity index (χ0) is 12.8. The number of hydrogen-bond acceptors (Lipinski definition) is 2. The minimum Gasteiger partial charge on any atom is -0.508 e. The second-order valence-electron chi connectivity index (χ2n) is 4.71. The van der Waals surface area contributed by atoms with Gasteiger partial charge in [-0.15, -0.1) is 0 Å². The van der Waals surface area contributed by atoms with Crippen molar-refractivity contribution in [3.63, 3.8) is 0 Å². The van der Waals surface area contributed by atoms with Gasteiger partial charge in [0.2, 0.25) is 0 Å². The topological polar surface area (TPSA) is 32.3 Å². The maximum absolute atomic E-state index is 9.38. The van der Waals surface area contributed by atoms with E-state index in [4.69, 9.17) is 0 Å². The van der Waals surface area contributed by atoms with E-state index in [9.17, 15) is 5.11 Å². The summed E-state index contributed by atoms with van der Waals surface area (Å²) >= 11 is 0. The highest BCUT2D eigenvalue weighted by Gasteiger charge is 2.18. The molecule has 0 fully saturated rings. The summed E-state index contributed by atoms with van der Waals surface area (Å²) in [6.07, 6.45) is 3.34. The Balaban J connectivity index is 0.000000686. The fourth-order valence-electron chi connectivity index (χ4n) is 2.36. The van der Waals surface area contributed by atoms with E-state index >= 15 is 0 Å². The van der Waals surface area contributed by atoms with Crippen LogP contribution in [0.1, 0.15) is 45.2 Å². The summed E-state index contributed by atoms with van der Waals surface area (Å²) in [5.74, 6) is 0.393. The summed E-state index contributed by atoms with van der Waals surface area (Å²) in [4.78, 5) is 0. The Morgan fingerprint density at radius 2 is 1.94 bits per heavy atom. The molecule has 0 aliphatic heterocycles. The van der Waals surface area contributed by atoms with Crippen molar-refractivity contribution in [3.05, 3.63) is 29.3 Å². The Bertz CT molecular complexity index is 347. The first-order valence-corrected chi connectivity index (χ1v) is 6.72. The Hall–Kier alpha value is -1.02. The van der Waals surface area contributed by atoms with Gasteiger partial charge in [-0.2, -0.15) is 0 Å². The third-order valence-electron chi connectivity index (χ3n) is 2.99. The average Bonchev–Trinajstić information content (AvgIpc) is 2.31. The van der Waals surface area contributed by atoms with E-state index < -0.39 is 0 Å². The van der Waals surface area contributed by atoms with Crippen molar-refractivity contribution in [2.45, 2.75) is 59.0 Å². The Morgan fingerprint density at radius 3 is 2.59 bits per heavy atom. The van der Waals surface area contributed by atoms with Crippen LogP contribution in [0.3, 0.4) is 0 Å². The van der Waals surface area contributed by atoms with E-state index in [1.807, 2.05) is 19.9 Å². The van der Waals surface area contributed by atoms with Crippen LogP contribution in [-0.4, -0.2) is 17.2 Å². The molecule has 0 bridgehead atoms. The van der Waals surface area contributed by atoms with Crippen molar-refractivity contribution < 1.29 is 5.11 Å². The highest BCUT2D eigenvalue weighted by atomic mass is 16.3. The number of nitrogens with one attached hydrogen (secondary N) is 1. The predicted molar refractivity (Wildman–Crippen MR) is 73.5 cm³/mol. The van der Waals surface area contributed by atoms with Crippen LogP contribution in [-0.2, 0) is 12.8 Å². The highest BCUT2D eigenvalue weighted by Crippen LogP contribution is 2.25. The van der Waals surface area contributed by atoms with Crippen molar-refractivity contribution in [3.8, 4) is 5.75 Å². The monoisotopic (exact) mass is 235 g/mol. The number of fused-ring (bicyclic) bond motifs is 1. The molecule has 0 amide bonds. The first kappa shape index (κ1) is 14.0. The van der Waals surface area contributed by atoms with Gasteiger partial charge in [-0.3, -0.25) is 0 Å². The number of hydrogen-bond donors (Lipinski definition) is 2. The van der Waals surface area contributed by atoms with E-state index in [1.54, 1.807) is 6.07 Å². The number of phenolic OH excluding ortho intramolecular Hbond substituents is 1. The summed E-state index contributed by atoms with van der Waals surface area (Å²) in [5.41, 5.74) is 2.70. The maximum atomic E-state index is 9.38. The molecule has 0 heterocycles. The van der Waals surface area contributed by atoms with Gasteiger partial charge in [-0.1, -0.05) is 33.8 Å². The van der Waals surface area contributed by atoms with Gasteiger partial charge in [0.25, 0.3) is 0 Å². The van der Waals surface area contributed by atoms with E-state index in [2.05, 4.69) is 25.2 Å². The van der Waals surface area contributed by atoms with E-state index in [1.165, 1.54) is 17.5 Å². The van der Waals surface area contributed by atoms with Crippen LogP contribution in [0.5, 0.6) is 5.75 Å². The third kappa shape index (κ3) is 4.04. The molecule has 1 aromatic carbocycles. The molecular formula is C15H25NO. The molecule has 0 saturated heterocycles. The van der Waals surface area contributed by atoms with Gasteiger partial charge in [0.1, 0.15) is 5.75 Å². The van der Waals surface area contributed by atoms with E-state index in [0.29, 0.717) is 17.8 Å². The largest absolute Gasteiger partial charge is 0.508 e. The molecule has 1 aliphatic rings. The smallest absolute Gasteiger partial charge is 0.115 e. The van der Waals surface area contributed by atoms with Gasteiger partial charge in [0.05, 0.1) is 0 Å². The zero-order valence-electron chi connectivity index (χ0n) is 11.5. The highest BCUT2D eigenvalue weighted by molar-refractivity contribution is 5.37. The Labute approximate surface area is 105 Å². The molecule has 17 heavy (non-hydrogen) atoms. The Kier molecular flexibility index (Phi) is 5.49. The first-order valence-electron chi connectivity index (χ1n) is 6.72. The molecule has 1 aliphatic carbocycles. The van der Waals surface area contributed by atoms with Gasteiger partial charge < -0.3 is 10.4 Å². The molecule has 0 aromatic heterocycles. The number of rotatable bonds is 2. The lowest BCUT2D eigenvalue weighted by molar-refractivity contribution is 0.419. The molecule has 2 N–H and O–H groups in total. The third-order valence-corrected chi connectivity index (χ3v) is 2.99. The average molecular weight is 235 g/mol. The van der Waals surface area contributed by atoms with Gasteiger partial charge in [0, 0.05) is 12.1 Å². The first-order chi connectivity index (χ1) is 8.15. The molecule has 2 heteroatoms. The summed E-state index contributed by atoms with van der Waals surface area (Å²) in [5, 5.41) is 13.0. The van der Waals surface area contributed by atoms with Crippen molar-refractivity contribution in [1.29, 1.82) is 0 Å². The lowest BCUT2D eigenvalue weighted by atomic mass is 9.88. The van der Waals surface area contributed by atoms with Gasteiger partial charge in [-0.25, -0.2) is 0 Å². The summed E-state index contributed by atoms with van der Waals surface area (Å²) in [6.45, 7) is 8.37. The lowest BCUT2D eigenvalue weighted by Crippen LogP contribution is -2.38. The van der Waals surface area contributed by atoms with Gasteiger partial charge in [-0.05, 0) is 42.5 Å². The molecule has 0 radical (unpaired) electrons. The second kappa shape index (κ2) is 6.65. The molecule has 2 nitrogen and oxygen atoms in total. The molecule has 96 valence electrons. The molecule has 1 atom stereocenters. The summed E-state index contributed by atoms with van der Waals surface area (Å²) in [7, 11) is 0. The number of aryl methyl sites for hydroxylation is 1. The van der Waals surface area contributed by atoms with Crippen molar-refractivity contribution in [2.75, 3.05) is 0 Å². The lowest BCUT2D eigenvalue weighted by Gasteiger charge is -2.27. The fraction of sp³-hybridized carbons (Fsp3) is 0.600.